The summed E-state index contributed by atoms with van der Waals surface area (Å²) in [5.74, 6) is 0.958. The zero-order valence-electron chi connectivity index (χ0n) is 12.3. The maximum atomic E-state index is 5.93. The van der Waals surface area contributed by atoms with Gasteiger partial charge in [0.15, 0.2) is 0 Å². The SMILES string of the molecule is c1ccc(COc2ccc3c(c2)NCC32CCCC2)cc1. The maximum Gasteiger partial charge on any atom is 0.121 e. The van der Waals surface area contributed by atoms with E-state index in [9.17, 15) is 0 Å². The van der Waals surface area contributed by atoms with Gasteiger partial charge >= 0.3 is 0 Å². The highest BCUT2D eigenvalue weighted by molar-refractivity contribution is 5.63. The molecule has 108 valence electrons. The van der Waals surface area contributed by atoms with E-state index in [1.807, 2.05) is 18.2 Å². The molecular formula is C19H21NO. The molecule has 2 aliphatic rings. The van der Waals surface area contributed by atoms with Crippen LogP contribution in [-0.4, -0.2) is 6.54 Å². The number of nitrogens with one attached hydrogen (secondary N) is 1. The molecule has 1 fully saturated rings. The summed E-state index contributed by atoms with van der Waals surface area (Å²) in [6.45, 7) is 1.73. The minimum atomic E-state index is 0.410. The first-order valence-corrected chi connectivity index (χ1v) is 7.91. The molecule has 1 aliphatic carbocycles. The largest absolute Gasteiger partial charge is 0.489 e. The minimum Gasteiger partial charge on any atom is -0.489 e. The van der Waals surface area contributed by atoms with Crippen LogP contribution in [0.25, 0.3) is 0 Å². The summed E-state index contributed by atoms with van der Waals surface area (Å²) in [5, 5.41) is 3.59. The summed E-state index contributed by atoms with van der Waals surface area (Å²) in [7, 11) is 0. The Bertz CT molecular complexity index is 629. The second-order valence-electron chi connectivity index (χ2n) is 6.32. The number of fused-ring (bicyclic) bond motifs is 2. The van der Waals surface area contributed by atoms with E-state index in [1.165, 1.54) is 42.5 Å². The number of hydrogen-bond donors (Lipinski definition) is 1. The molecule has 1 N–H and O–H groups in total. The lowest BCUT2D eigenvalue weighted by Crippen LogP contribution is -2.23. The Hall–Kier alpha value is -1.96. The Labute approximate surface area is 126 Å². The Balaban J connectivity index is 1.52. The molecule has 1 saturated carbocycles. The summed E-state index contributed by atoms with van der Waals surface area (Å²) in [6.07, 6.45) is 5.40. The van der Waals surface area contributed by atoms with Crippen molar-refractivity contribution < 1.29 is 4.74 Å². The summed E-state index contributed by atoms with van der Waals surface area (Å²) in [4.78, 5) is 0. The summed E-state index contributed by atoms with van der Waals surface area (Å²) in [6, 6.07) is 16.9. The average Bonchev–Trinajstić information content (AvgIpc) is 3.15. The highest BCUT2D eigenvalue weighted by Gasteiger charge is 2.40. The molecule has 1 spiro atoms. The molecule has 2 nitrogen and oxygen atoms in total. The van der Waals surface area contributed by atoms with Crippen LogP contribution in [0.4, 0.5) is 5.69 Å². The van der Waals surface area contributed by atoms with Crippen LogP contribution in [0.1, 0.15) is 36.8 Å². The summed E-state index contributed by atoms with van der Waals surface area (Å²) < 4.78 is 5.93. The highest BCUT2D eigenvalue weighted by atomic mass is 16.5. The van der Waals surface area contributed by atoms with E-state index < -0.39 is 0 Å². The fourth-order valence-corrected chi connectivity index (χ4v) is 3.82. The first kappa shape index (κ1) is 12.8. The van der Waals surface area contributed by atoms with Crippen molar-refractivity contribution in [1.29, 1.82) is 0 Å². The fourth-order valence-electron chi connectivity index (χ4n) is 3.82. The Morgan fingerprint density at radius 3 is 2.62 bits per heavy atom. The van der Waals surface area contributed by atoms with E-state index in [2.05, 4.69) is 35.6 Å². The van der Waals surface area contributed by atoms with Crippen LogP contribution in [0.15, 0.2) is 48.5 Å². The Morgan fingerprint density at radius 1 is 1.00 bits per heavy atom. The van der Waals surface area contributed by atoms with Gasteiger partial charge in [0.25, 0.3) is 0 Å². The lowest BCUT2D eigenvalue weighted by molar-refractivity contribution is 0.306. The molecular weight excluding hydrogens is 258 g/mol. The number of anilines is 1. The molecule has 0 unspecified atom stereocenters. The third-order valence-corrected chi connectivity index (χ3v) is 4.99. The van der Waals surface area contributed by atoms with Gasteiger partial charge < -0.3 is 10.1 Å². The third kappa shape index (κ3) is 2.29. The van der Waals surface area contributed by atoms with Crippen LogP contribution in [0.2, 0.25) is 0 Å². The van der Waals surface area contributed by atoms with Crippen LogP contribution >= 0.6 is 0 Å². The van der Waals surface area contributed by atoms with Crippen molar-refractivity contribution in [3.05, 3.63) is 59.7 Å². The van der Waals surface area contributed by atoms with E-state index in [0.717, 1.165) is 12.3 Å². The van der Waals surface area contributed by atoms with Crippen molar-refractivity contribution in [3.63, 3.8) is 0 Å². The zero-order chi connectivity index (χ0) is 14.1. The van der Waals surface area contributed by atoms with Gasteiger partial charge in [0.1, 0.15) is 12.4 Å². The average molecular weight is 279 g/mol. The van der Waals surface area contributed by atoms with E-state index in [4.69, 9.17) is 4.74 Å². The third-order valence-electron chi connectivity index (χ3n) is 4.99. The number of benzene rings is 2. The van der Waals surface area contributed by atoms with Crippen molar-refractivity contribution in [3.8, 4) is 5.75 Å². The summed E-state index contributed by atoms with van der Waals surface area (Å²) >= 11 is 0. The van der Waals surface area contributed by atoms with E-state index >= 15 is 0 Å². The maximum absolute atomic E-state index is 5.93. The Kier molecular flexibility index (Phi) is 3.10. The summed E-state index contributed by atoms with van der Waals surface area (Å²) in [5.41, 5.74) is 4.40. The zero-order valence-corrected chi connectivity index (χ0v) is 12.3. The van der Waals surface area contributed by atoms with Crippen LogP contribution < -0.4 is 10.1 Å². The first-order valence-electron chi connectivity index (χ1n) is 7.91. The van der Waals surface area contributed by atoms with E-state index in [1.54, 1.807) is 0 Å². The van der Waals surface area contributed by atoms with Gasteiger partial charge in [0, 0.05) is 23.7 Å². The molecule has 2 aromatic carbocycles. The van der Waals surface area contributed by atoms with Crippen molar-refractivity contribution >= 4 is 5.69 Å². The van der Waals surface area contributed by atoms with Crippen LogP contribution in [0.3, 0.4) is 0 Å². The normalized spacial score (nSPS) is 18.5. The molecule has 0 radical (unpaired) electrons. The first-order chi connectivity index (χ1) is 10.4. The van der Waals surface area contributed by atoms with Gasteiger partial charge in [-0.05, 0) is 30.0 Å². The van der Waals surface area contributed by atoms with Gasteiger partial charge in [-0.3, -0.25) is 0 Å². The van der Waals surface area contributed by atoms with Crippen LogP contribution in [-0.2, 0) is 12.0 Å². The quantitative estimate of drug-likeness (QED) is 0.893. The smallest absolute Gasteiger partial charge is 0.121 e. The Morgan fingerprint density at radius 2 is 1.81 bits per heavy atom. The predicted octanol–water partition coefficient (Wildman–Crippen LogP) is 4.50. The molecule has 4 rings (SSSR count). The standard InChI is InChI=1S/C19H21NO/c1-2-6-15(7-3-1)13-21-16-8-9-17-18(12-16)20-14-19(17)10-4-5-11-19/h1-3,6-9,12,20H,4-5,10-11,13-14H2. The highest BCUT2D eigenvalue weighted by Crippen LogP contribution is 2.48. The second kappa shape index (κ2) is 5.10. The fraction of sp³-hybridized carbons (Fsp3) is 0.368. The topological polar surface area (TPSA) is 21.3 Å². The molecule has 1 aliphatic heterocycles. The van der Waals surface area contributed by atoms with Crippen LogP contribution in [0.5, 0.6) is 5.75 Å². The van der Waals surface area contributed by atoms with Gasteiger partial charge in [-0.1, -0.05) is 49.2 Å². The number of rotatable bonds is 3. The van der Waals surface area contributed by atoms with Gasteiger partial charge in [-0.2, -0.15) is 0 Å². The molecule has 1 heterocycles. The monoisotopic (exact) mass is 279 g/mol. The lowest BCUT2D eigenvalue weighted by Gasteiger charge is -2.22. The van der Waals surface area contributed by atoms with Gasteiger partial charge in [0.2, 0.25) is 0 Å². The van der Waals surface area contributed by atoms with Crippen LogP contribution in [0, 0.1) is 0 Å². The van der Waals surface area contributed by atoms with E-state index in [0.29, 0.717) is 12.0 Å². The second-order valence-corrected chi connectivity index (χ2v) is 6.32. The van der Waals surface area contributed by atoms with E-state index in [-0.39, 0.29) is 0 Å². The molecule has 0 bridgehead atoms. The lowest BCUT2D eigenvalue weighted by atomic mass is 9.81. The van der Waals surface area contributed by atoms with Gasteiger partial charge in [0.05, 0.1) is 0 Å². The molecule has 21 heavy (non-hydrogen) atoms. The molecule has 0 amide bonds. The van der Waals surface area contributed by atoms with Gasteiger partial charge in [-0.25, -0.2) is 0 Å². The van der Waals surface area contributed by atoms with Crippen molar-refractivity contribution in [2.45, 2.75) is 37.7 Å². The van der Waals surface area contributed by atoms with Crippen molar-refractivity contribution in [2.24, 2.45) is 0 Å². The molecule has 2 heteroatoms. The number of hydrogen-bond acceptors (Lipinski definition) is 2. The molecule has 2 aromatic rings. The molecule has 0 atom stereocenters. The molecule has 0 saturated heterocycles. The van der Waals surface area contributed by atoms with Gasteiger partial charge in [-0.15, -0.1) is 0 Å². The minimum absolute atomic E-state index is 0.410. The van der Waals surface area contributed by atoms with Crippen molar-refractivity contribution in [2.75, 3.05) is 11.9 Å². The molecule has 0 aromatic heterocycles. The van der Waals surface area contributed by atoms with Crippen molar-refractivity contribution in [1.82, 2.24) is 0 Å². The predicted molar refractivity (Wildman–Crippen MR) is 85.9 cm³/mol. The number of ether oxygens (including phenoxy) is 1.